The van der Waals surface area contributed by atoms with Gasteiger partial charge in [0.25, 0.3) is 5.91 Å². The van der Waals surface area contributed by atoms with Gasteiger partial charge in [0, 0.05) is 31.4 Å². The fraction of sp³-hybridized carbons (Fsp3) is 0.571. The van der Waals surface area contributed by atoms with E-state index in [1.165, 1.54) is 4.90 Å². The van der Waals surface area contributed by atoms with E-state index >= 15 is 0 Å². The van der Waals surface area contributed by atoms with Crippen molar-refractivity contribution in [1.29, 1.82) is 0 Å². The van der Waals surface area contributed by atoms with Gasteiger partial charge in [-0.3, -0.25) is 4.79 Å². The first-order chi connectivity index (χ1) is 8.99. The van der Waals surface area contributed by atoms with E-state index in [1.54, 1.807) is 13.1 Å². The number of aromatic nitrogens is 1. The lowest BCUT2D eigenvalue weighted by Gasteiger charge is -2.17. The highest BCUT2D eigenvalue weighted by Crippen LogP contribution is 2.18. The number of pyridine rings is 1. The number of anilines is 1. The molecule has 0 saturated heterocycles. The predicted molar refractivity (Wildman–Crippen MR) is 76.5 cm³/mol. The third kappa shape index (κ3) is 4.21. The van der Waals surface area contributed by atoms with E-state index in [-0.39, 0.29) is 18.4 Å². The Morgan fingerprint density at radius 1 is 1.47 bits per heavy atom. The molecule has 0 unspecified atom stereocenters. The van der Waals surface area contributed by atoms with Crippen LogP contribution in [-0.4, -0.2) is 47.6 Å². The minimum atomic E-state index is -0.0995. The predicted octanol–water partition coefficient (Wildman–Crippen LogP) is 1.70. The number of carbonyl (C=O) groups excluding carboxylic acids is 1. The Morgan fingerprint density at radius 3 is 2.68 bits per heavy atom. The molecule has 0 bridgehead atoms. The van der Waals surface area contributed by atoms with E-state index in [0.29, 0.717) is 12.1 Å². The molecule has 0 saturated carbocycles. The van der Waals surface area contributed by atoms with Crippen molar-refractivity contribution in [3.8, 4) is 0 Å². The summed E-state index contributed by atoms with van der Waals surface area (Å²) in [6.07, 6.45) is 0. The number of hydrogen-bond acceptors (Lipinski definition) is 4. The Labute approximate surface area is 114 Å². The second-order valence-corrected chi connectivity index (χ2v) is 4.80. The van der Waals surface area contributed by atoms with Crippen LogP contribution in [0.2, 0.25) is 0 Å². The minimum Gasteiger partial charge on any atom is -0.395 e. The first kappa shape index (κ1) is 15.4. The fourth-order valence-corrected chi connectivity index (χ4v) is 1.71. The van der Waals surface area contributed by atoms with Crippen LogP contribution in [0.15, 0.2) is 12.1 Å². The summed E-state index contributed by atoms with van der Waals surface area (Å²) in [5, 5.41) is 12.0. The number of nitrogens with one attached hydrogen (secondary N) is 1. The molecule has 2 N–H and O–H groups in total. The van der Waals surface area contributed by atoms with E-state index in [4.69, 9.17) is 5.11 Å². The zero-order valence-electron chi connectivity index (χ0n) is 12.1. The number of likely N-dealkylation sites (N-methyl/N-ethyl adjacent to an activating group) is 1. The average Bonchev–Trinajstić information content (AvgIpc) is 2.38. The number of carbonyl (C=O) groups is 1. The monoisotopic (exact) mass is 265 g/mol. The Bertz CT molecular complexity index is 433. The van der Waals surface area contributed by atoms with Gasteiger partial charge in [-0.2, -0.15) is 0 Å². The first-order valence-corrected chi connectivity index (χ1v) is 6.61. The standard InChI is InChI=1S/C14H23N3O2/c1-5-15-13-9-11(8-12(16-13)10(2)3)14(19)17(4)6-7-18/h8-10,18H,5-7H2,1-4H3,(H,15,16). The SMILES string of the molecule is CCNc1cc(C(=O)N(C)CCO)cc(C(C)C)n1. The molecule has 0 aliphatic rings. The molecule has 5 heteroatoms. The molecule has 0 fully saturated rings. The quantitative estimate of drug-likeness (QED) is 0.821. The maximum absolute atomic E-state index is 12.2. The largest absolute Gasteiger partial charge is 0.395 e. The normalized spacial score (nSPS) is 10.6. The highest BCUT2D eigenvalue weighted by Gasteiger charge is 2.15. The number of nitrogens with zero attached hydrogens (tertiary/aromatic N) is 2. The van der Waals surface area contributed by atoms with E-state index in [2.05, 4.69) is 10.3 Å². The molecule has 0 spiro atoms. The summed E-state index contributed by atoms with van der Waals surface area (Å²) in [5.74, 6) is 0.875. The molecule has 0 aromatic carbocycles. The Morgan fingerprint density at radius 2 is 2.16 bits per heavy atom. The first-order valence-electron chi connectivity index (χ1n) is 6.61. The van der Waals surface area contributed by atoms with Crippen LogP contribution in [0.25, 0.3) is 0 Å². The maximum atomic E-state index is 12.2. The highest BCUT2D eigenvalue weighted by atomic mass is 16.3. The van der Waals surface area contributed by atoms with Gasteiger partial charge in [-0.05, 0) is 25.0 Å². The van der Waals surface area contributed by atoms with Gasteiger partial charge in [-0.1, -0.05) is 13.8 Å². The second kappa shape index (κ2) is 7.09. The average molecular weight is 265 g/mol. The molecular formula is C14H23N3O2. The van der Waals surface area contributed by atoms with Gasteiger partial charge < -0.3 is 15.3 Å². The topological polar surface area (TPSA) is 65.5 Å². The van der Waals surface area contributed by atoms with E-state index in [9.17, 15) is 4.79 Å². The molecule has 0 radical (unpaired) electrons. The van der Waals surface area contributed by atoms with Gasteiger partial charge in [0.1, 0.15) is 5.82 Å². The van der Waals surface area contributed by atoms with Crippen molar-refractivity contribution in [3.63, 3.8) is 0 Å². The Kier molecular flexibility index (Phi) is 5.76. The molecule has 106 valence electrons. The highest BCUT2D eigenvalue weighted by molar-refractivity contribution is 5.94. The van der Waals surface area contributed by atoms with Crippen molar-refractivity contribution >= 4 is 11.7 Å². The molecule has 1 aromatic heterocycles. The fourth-order valence-electron chi connectivity index (χ4n) is 1.71. The van der Waals surface area contributed by atoms with Crippen LogP contribution in [0.1, 0.15) is 42.7 Å². The van der Waals surface area contributed by atoms with Crippen LogP contribution < -0.4 is 5.32 Å². The summed E-state index contributed by atoms with van der Waals surface area (Å²) in [7, 11) is 1.68. The molecule has 0 atom stereocenters. The lowest BCUT2D eigenvalue weighted by atomic mass is 10.1. The third-order valence-electron chi connectivity index (χ3n) is 2.82. The van der Waals surface area contributed by atoms with Crippen molar-refractivity contribution < 1.29 is 9.90 Å². The third-order valence-corrected chi connectivity index (χ3v) is 2.82. The van der Waals surface area contributed by atoms with Gasteiger partial charge in [0.15, 0.2) is 0 Å². The molecular weight excluding hydrogens is 242 g/mol. The Hall–Kier alpha value is -1.62. The van der Waals surface area contributed by atoms with Crippen LogP contribution in [0.3, 0.4) is 0 Å². The van der Waals surface area contributed by atoms with Crippen LogP contribution in [0, 0.1) is 0 Å². The van der Waals surface area contributed by atoms with Crippen LogP contribution in [0.4, 0.5) is 5.82 Å². The zero-order valence-corrected chi connectivity index (χ0v) is 12.1. The van der Waals surface area contributed by atoms with Crippen molar-refractivity contribution in [3.05, 3.63) is 23.4 Å². The number of aliphatic hydroxyl groups is 1. The summed E-state index contributed by atoms with van der Waals surface area (Å²) >= 11 is 0. The number of hydrogen-bond donors (Lipinski definition) is 2. The van der Waals surface area contributed by atoms with E-state index < -0.39 is 0 Å². The van der Waals surface area contributed by atoms with Gasteiger partial charge in [-0.15, -0.1) is 0 Å². The van der Waals surface area contributed by atoms with Crippen molar-refractivity contribution in [2.75, 3.05) is 32.1 Å². The molecule has 19 heavy (non-hydrogen) atoms. The van der Waals surface area contributed by atoms with Crippen molar-refractivity contribution in [2.24, 2.45) is 0 Å². The van der Waals surface area contributed by atoms with E-state index in [0.717, 1.165) is 18.1 Å². The molecule has 1 aromatic rings. The molecule has 1 rings (SSSR count). The van der Waals surface area contributed by atoms with E-state index in [1.807, 2.05) is 26.8 Å². The lowest BCUT2D eigenvalue weighted by molar-refractivity contribution is 0.0767. The lowest BCUT2D eigenvalue weighted by Crippen LogP contribution is -2.29. The molecule has 0 aliphatic carbocycles. The Balaban J connectivity index is 3.08. The molecule has 1 heterocycles. The van der Waals surface area contributed by atoms with Crippen LogP contribution >= 0.6 is 0 Å². The minimum absolute atomic E-state index is 0.0373. The van der Waals surface area contributed by atoms with Crippen molar-refractivity contribution in [1.82, 2.24) is 9.88 Å². The second-order valence-electron chi connectivity index (χ2n) is 4.80. The summed E-state index contributed by atoms with van der Waals surface area (Å²) in [6.45, 7) is 7.13. The summed E-state index contributed by atoms with van der Waals surface area (Å²) in [6, 6.07) is 3.58. The number of aliphatic hydroxyl groups excluding tert-OH is 1. The van der Waals surface area contributed by atoms with Crippen molar-refractivity contribution in [2.45, 2.75) is 26.7 Å². The molecule has 5 nitrogen and oxygen atoms in total. The summed E-state index contributed by atoms with van der Waals surface area (Å²) in [5.41, 5.74) is 1.49. The van der Waals surface area contributed by atoms with Gasteiger partial charge in [-0.25, -0.2) is 4.98 Å². The number of rotatable bonds is 6. The smallest absolute Gasteiger partial charge is 0.253 e. The summed E-state index contributed by atoms with van der Waals surface area (Å²) in [4.78, 5) is 18.2. The van der Waals surface area contributed by atoms with Gasteiger partial charge >= 0.3 is 0 Å². The summed E-state index contributed by atoms with van der Waals surface area (Å²) < 4.78 is 0. The zero-order chi connectivity index (χ0) is 14.4. The van der Waals surface area contributed by atoms with Gasteiger partial charge in [0.2, 0.25) is 0 Å². The van der Waals surface area contributed by atoms with Crippen LogP contribution in [-0.2, 0) is 0 Å². The van der Waals surface area contributed by atoms with Crippen LogP contribution in [0.5, 0.6) is 0 Å². The molecule has 0 aliphatic heterocycles. The maximum Gasteiger partial charge on any atom is 0.253 e. The van der Waals surface area contributed by atoms with Gasteiger partial charge in [0.05, 0.1) is 6.61 Å². The molecule has 1 amide bonds. The number of amides is 1.